The van der Waals surface area contributed by atoms with Crippen LogP contribution in [0, 0.1) is 5.92 Å². The predicted molar refractivity (Wildman–Crippen MR) is 118 cm³/mol. The topological polar surface area (TPSA) is 69.4 Å². The lowest BCUT2D eigenvalue weighted by Crippen LogP contribution is -2.52. The lowest BCUT2D eigenvalue weighted by Gasteiger charge is -2.36. The Balaban J connectivity index is 1.22. The van der Waals surface area contributed by atoms with Crippen molar-refractivity contribution >= 4 is 11.6 Å². The first-order chi connectivity index (χ1) is 14.7. The monoisotopic (exact) mass is 412 g/mol. The first kappa shape index (κ1) is 20.5. The Morgan fingerprint density at radius 2 is 2.10 bits per heavy atom. The summed E-state index contributed by atoms with van der Waals surface area (Å²) in [4.78, 5) is 11.7. The molecule has 1 aromatic carbocycles. The maximum absolute atomic E-state index is 5.37. The zero-order valence-corrected chi connectivity index (χ0v) is 18.0. The Kier molecular flexibility index (Phi) is 6.74. The summed E-state index contributed by atoms with van der Waals surface area (Å²) in [5, 5.41) is 7.63. The van der Waals surface area contributed by atoms with Crippen molar-refractivity contribution in [1.82, 2.24) is 20.3 Å². The molecule has 3 heterocycles. The van der Waals surface area contributed by atoms with Gasteiger partial charge < -0.3 is 24.4 Å². The molecule has 4 rings (SSSR count). The lowest BCUT2D eigenvalue weighted by molar-refractivity contribution is 0.169. The summed E-state index contributed by atoms with van der Waals surface area (Å²) < 4.78 is 10.3. The number of aromatic nitrogens is 1. The molecule has 1 atom stereocenters. The molecule has 1 aromatic heterocycles. The number of piperazine rings is 1. The minimum absolute atomic E-state index is 0.612. The third kappa shape index (κ3) is 5.05. The van der Waals surface area contributed by atoms with E-state index in [9.17, 15) is 0 Å². The van der Waals surface area contributed by atoms with E-state index in [1.165, 1.54) is 12.1 Å². The molecule has 0 radical (unpaired) electrons. The summed E-state index contributed by atoms with van der Waals surface area (Å²) in [6.07, 6.45) is 2.82. The average molecular weight is 413 g/mol. The lowest BCUT2D eigenvalue weighted by atomic mass is 10.1. The fourth-order valence-corrected chi connectivity index (χ4v) is 4.27. The zero-order valence-electron chi connectivity index (χ0n) is 18.0. The van der Waals surface area contributed by atoms with E-state index >= 15 is 0 Å². The van der Waals surface area contributed by atoms with Gasteiger partial charge in [0, 0.05) is 77.2 Å². The highest BCUT2D eigenvalue weighted by atomic mass is 16.5. The van der Waals surface area contributed by atoms with Crippen LogP contribution in [-0.2, 0) is 6.54 Å². The Bertz CT molecular complexity index is 817. The van der Waals surface area contributed by atoms with Gasteiger partial charge in [0.1, 0.15) is 12.0 Å². The van der Waals surface area contributed by atoms with Gasteiger partial charge >= 0.3 is 0 Å². The van der Waals surface area contributed by atoms with Crippen LogP contribution in [0.25, 0.3) is 0 Å². The van der Waals surface area contributed by atoms with Gasteiger partial charge in [-0.15, -0.1) is 0 Å². The second-order valence-electron chi connectivity index (χ2n) is 7.98. The number of aliphatic imine (C=N–C) groups is 1. The zero-order chi connectivity index (χ0) is 20.8. The van der Waals surface area contributed by atoms with Crippen LogP contribution in [0.5, 0.6) is 5.75 Å². The van der Waals surface area contributed by atoms with Crippen LogP contribution >= 0.6 is 0 Å². The third-order valence-corrected chi connectivity index (χ3v) is 6.01. The molecule has 8 nitrogen and oxygen atoms in total. The van der Waals surface area contributed by atoms with Crippen molar-refractivity contribution in [2.45, 2.75) is 13.0 Å². The molecule has 0 spiro atoms. The Hall–Kier alpha value is -2.74. The Morgan fingerprint density at radius 3 is 2.83 bits per heavy atom. The van der Waals surface area contributed by atoms with Gasteiger partial charge in [0.05, 0.1) is 12.8 Å². The summed E-state index contributed by atoms with van der Waals surface area (Å²) in [7, 11) is 3.59. The maximum Gasteiger partial charge on any atom is 0.193 e. The van der Waals surface area contributed by atoms with Crippen LogP contribution in [0.1, 0.15) is 12.1 Å². The van der Waals surface area contributed by atoms with E-state index in [1.54, 1.807) is 13.4 Å². The van der Waals surface area contributed by atoms with Gasteiger partial charge in [-0.1, -0.05) is 11.2 Å². The van der Waals surface area contributed by atoms with Crippen molar-refractivity contribution in [3.05, 3.63) is 42.3 Å². The van der Waals surface area contributed by atoms with Crippen molar-refractivity contribution in [1.29, 1.82) is 0 Å². The molecule has 0 amide bonds. The number of anilines is 1. The summed E-state index contributed by atoms with van der Waals surface area (Å²) in [5.74, 6) is 2.54. The fourth-order valence-electron chi connectivity index (χ4n) is 4.27. The number of guanidine groups is 1. The largest absolute Gasteiger partial charge is 0.497 e. The van der Waals surface area contributed by atoms with Crippen LogP contribution in [-0.4, -0.2) is 80.9 Å². The van der Waals surface area contributed by atoms with E-state index in [-0.39, 0.29) is 0 Å². The smallest absolute Gasteiger partial charge is 0.193 e. The van der Waals surface area contributed by atoms with Crippen LogP contribution in [0.2, 0.25) is 0 Å². The second-order valence-corrected chi connectivity index (χ2v) is 7.98. The molecule has 1 unspecified atom stereocenters. The van der Waals surface area contributed by atoms with Gasteiger partial charge in [-0.05, 0) is 24.5 Å². The van der Waals surface area contributed by atoms with Crippen LogP contribution < -0.4 is 15.0 Å². The van der Waals surface area contributed by atoms with Gasteiger partial charge in [0.15, 0.2) is 5.96 Å². The number of ether oxygens (including phenoxy) is 1. The third-order valence-electron chi connectivity index (χ3n) is 6.01. The minimum Gasteiger partial charge on any atom is -0.497 e. The van der Waals surface area contributed by atoms with E-state index in [1.807, 2.05) is 19.2 Å². The molecule has 0 aliphatic carbocycles. The van der Waals surface area contributed by atoms with Crippen molar-refractivity contribution in [2.24, 2.45) is 10.9 Å². The van der Waals surface area contributed by atoms with E-state index in [4.69, 9.17) is 9.26 Å². The highest BCUT2D eigenvalue weighted by Gasteiger charge is 2.25. The predicted octanol–water partition coefficient (Wildman–Crippen LogP) is 1.90. The highest BCUT2D eigenvalue weighted by molar-refractivity contribution is 5.80. The summed E-state index contributed by atoms with van der Waals surface area (Å²) in [6.45, 7) is 7.88. The molecule has 2 fully saturated rings. The first-order valence-electron chi connectivity index (χ1n) is 10.7. The van der Waals surface area contributed by atoms with E-state index in [0.717, 1.165) is 69.8 Å². The number of nitrogens with one attached hydrogen (secondary N) is 1. The van der Waals surface area contributed by atoms with Crippen LogP contribution in [0.4, 0.5) is 5.69 Å². The van der Waals surface area contributed by atoms with Crippen molar-refractivity contribution in [3.63, 3.8) is 0 Å². The minimum atomic E-state index is 0.612. The molecule has 8 heteroatoms. The molecule has 0 saturated carbocycles. The number of hydrogen-bond donors (Lipinski definition) is 1. The summed E-state index contributed by atoms with van der Waals surface area (Å²) in [5.41, 5.74) is 2.23. The first-order valence-corrected chi connectivity index (χ1v) is 10.7. The van der Waals surface area contributed by atoms with E-state index in [2.05, 4.69) is 48.4 Å². The summed E-state index contributed by atoms with van der Waals surface area (Å²) >= 11 is 0. The highest BCUT2D eigenvalue weighted by Crippen LogP contribution is 2.26. The number of benzene rings is 1. The molecule has 1 N–H and O–H groups in total. The Morgan fingerprint density at radius 1 is 1.23 bits per heavy atom. The molecular formula is C22H32N6O2. The number of rotatable bonds is 6. The molecule has 2 saturated heterocycles. The molecule has 162 valence electrons. The van der Waals surface area contributed by atoms with Crippen LogP contribution in [0.3, 0.4) is 0 Å². The van der Waals surface area contributed by atoms with Gasteiger partial charge in [0.25, 0.3) is 0 Å². The fraction of sp³-hybridized carbons (Fsp3) is 0.545. The number of methoxy groups -OCH3 is 1. The van der Waals surface area contributed by atoms with E-state index < -0.39 is 0 Å². The molecule has 2 aromatic rings. The van der Waals surface area contributed by atoms with Gasteiger partial charge in [0.2, 0.25) is 0 Å². The van der Waals surface area contributed by atoms with Crippen LogP contribution in [0.15, 0.2) is 46.1 Å². The number of nitrogens with zero attached hydrogens (tertiary/aromatic N) is 5. The van der Waals surface area contributed by atoms with Crippen molar-refractivity contribution in [2.75, 3.05) is 64.9 Å². The summed E-state index contributed by atoms with van der Waals surface area (Å²) in [6, 6.07) is 10.3. The number of hydrogen-bond acceptors (Lipinski definition) is 6. The second kappa shape index (κ2) is 9.84. The SMILES string of the molecule is CN=C(NCC1CCN(c2cccc(OC)c2)C1)N1CCN(Cc2ccon2)CC1. The molecule has 2 aliphatic heterocycles. The molecule has 30 heavy (non-hydrogen) atoms. The molecular weight excluding hydrogens is 380 g/mol. The Labute approximate surface area is 178 Å². The van der Waals surface area contributed by atoms with Crippen molar-refractivity contribution < 1.29 is 9.26 Å². The van der Waals surface area contributed by atoms with E-state index in [0.29, 0.717) is 5.92 Å². The van der Waals surface area contributed by atoms with Gasteiger partial charge in [-0.3, -0.25) is 9.89 Å². The standard InChI is InChI=1S/C22H32N6O2/c1-23-22(27-11-9-26(10-12-27)17-19-7-13-30-25-19)24-15-18-6-8-28(16-18)20-4-3-5-21(14-20)29-2/h3-5,7,13-14,18H,6,8-12,15-17H2,1-2H3,(H,23,24). The van der Waals surface area contributed by atoms with Gasteiger partial charge in [-0.25, -0.2) is 0 Å². The molecule has 2 aliphatic rings. The average Bonchev–Trinajstić information content (AvgIpc) is 3.47. The normalized spacial score (nSPS) is 20.6. The molecule has 0 bridgehead atoms. The van der Waals surface area contributed by atoms with Crippen molar-refractivity contribution in [3.8, 4) is 5.75 Å². The maximum atomic E-state index is 5.37. The quantitative estimate of drug-likeness (QED) is 0.574. The van der Waals surface area contributed by atoms with Gasteiger partial charge in [-0.2, -0.15) is 0 Å².